The maximum Gasteiger partial charge on any atom is 0.160 e. The second-order valence-electron chi connectivity index (χ2n) is 10.4. The van der Waals surface area contributed by atoms with Gasteiger partial charge in [-0.2, -0.15) is 0 Å². The molecule has 4 heteroatoms. The Morgan fingerprint density at radius 1 is 0.386 bits per heavy atom. The highest BCUT2D eigenvalue weighted by Gasteiger charge is 2.12. The van der Waals surface area contributed by atoms with E-state index in [4.69, 9.17) is 19.7 Å². The topological polar surface area (TPSA) is 47.9 Å². The van der Waals surface area contributed by atoms with Gasteiger partial charge in [-0.3, -0.25) is 0 Å². The maximum absolute atomic E-state index is 6.22. The predicted octanol–water partition coefficient (Wildman–Crippen LogP) is 9.79. The van der Waals surface area contributed by atoms with Crippen LogP contribution in [0.25, 0.3) is 56.4 Å². The van der Waals surface area contributed by atoms with Crippen LogP contribution in [-0.2, 0) is 6.61 Å². The summed E-state index contributed by atoms with van der Waals surface area (Å²) in [6, 6.07) is 55.2. The smallest absolute Gasteiger partial charge is 0.160 e. The van der Waals surface area contributed by atoms with Gasteiger partial charge in [-0.25, -0.2) is 15.0 Å². The molecule has 0 spiro atoms. The Bertz CT molecular complexity index is 1930. The zero-order valence-electron chi connectivity index (χ0n) is 24.0. The zero-order valence-corrected chi connectivity index (χ0v) is 24.0. The number of nitrogens with zero attached hydrogens (tertiary/aromatic N) is 3. The van der Waals surface area contributed by atoms with Crippen LogP contribution in [0.3, 0.4) is 0 Å². The number of pyridine rings is 1. The van der Waals surface area contributed by atoms with E-state index >= 15 is 0 Å². The van der Waals surface area contributed by atoms with Crippen LogP contribution in [-0.4, -0.2) is 15.0 Å². The third kappa shape index (κ3) is 6.01. The SMILES string of the molecule is c1ccc(COc2ccccc2-c2cccc(-c3ccc(-c4nc(-c5ccccc5)cc(-c5ccccc5)n4)cc3)n2)cc1. The first-order valence-corrected chi connectivity index (χ1v) is 14.6. The molecule has 2 heterocycles. The Hall–Kier alpha value is -5.87. The number of hydrogen-bond donors (Lipinski definition) is 0. The van der Waals surface area contributed by atoms with Gasteiger partial charge in [0.2, 0.25) is 0 Å². The van der Waals surface area contributed by atoms with E-state index in [1.165, 1.54) is 0 Å². The molecule has 0 fully saturated rings. The summed E-state index contributed by atoms with van der Waals surface area (Å²) in [7, 11) is 0. The summed E-state index contributed by atoms with van der Waals surface area (Å²) in [6.45, 7) is 0.499. The molecule has 0 bridgehead atoms. The second-order valence-corrected chi connectivity index (χ2v) is 10.4. The zero-order chi connectivity index (χ0) is 29.6. The van der Waals surface area contributed by atoms with Gasteiger partial charge in [-0.15, -0.1) is 0 Å². The predicted molar refractivity (Wildman–Crippen MR) is 178 cm³/mol. The minimum Gasteiger partial charge on any atom is -0.488 e. The summed E-state index contributed by atoms with van der Waals surface area (Å²) in [6.07, 6.45) is 0. The second kappa shape index (κ2) is 12.6. The van der Waals surface area contributed by atoms with Crippen molar-refractivity contribution in [3.63, 3.8) is 0 Å². The minimum absolute atomic E-state index is 0.499. The lowest BCUT2D eigenvalue weighted by Crippen LogP contribution is -1.98. The van der Waals surface area contributed by atoms with Crippen molar-refractivity contribution < 1.29 is 4.74 Å². The van der Waals surface area contributed by atoms with E-state index in [0.29, 0.717) is 12.4 Å². The average molecular weight is 568 g/mol. The van der Waals surface area contributed by atoms with E-state index in [-0.39, 0.29) is 0 Å². The molecule has 0 atom stereocenters. The number of ether oxygens (including phenoxy) is 1. The lowest BCUT2D eigenvalue weighted by Gasteiger charge is -2.12. The molecule has 7 rings (SSSR count). The van der Waals surface area contributed by atoms with Crippen LogP contribution in [0.1, 0.15) is 5.56 Å². The highest BCUT2D eigenvalue weighted by molar-refractivity contribution is 5.74. The van der Waals surface area contributed by atoms with Gasteiger partial charge in [0, 0.05) is 27.8 Å². The number of rotatable bonds is 8. The van der Waals surface area contributed by atoms with Crippen molar-refractivity contribution in [2.75, 3.05) is 0 Å². The largest absolute Gasteiger partial charge is 0.488 e. The quantitative estimate of drug-likeness (QED) is 0.183. The van der Waals surface area contributed by atoms with E-state index in [1.807, 2.05) is 91.0 Å². The molecule has 0 aliphatic carbocycles. The molecule has 0 saturated carbocycles. The van der Waals surface area contributed by atoms with Crippen LogP contribution in [0.5, 0.6) is 5.75 Å². The van der Waals surface area contributed by atoms with Gasteiger partial charge >= 0.3 is 0 Å². The Labute approximate surface area is 257 Å². The molecule has 0 amide bonds. The first-order valence-electron chi connectivity index (χ1n) is 14.6. The number of para-hydroxylation sites is 1. The third-order valence-electron chi connectivity index (χ3n) is 7.45. The molecule has 0 saturated heterocycles. The summed E-state index contributed by atoms with van der Waals surface area (Å²) in [4.78, 5) is 15.0. The highest BCUT2D eigenvalue weighted by atomic mass is 16.5. The van der Waals surface area contributed by atoms with Crippen molar-refractivity contribution in [3.05, 3.63) is 169 Å². The summed E-state index contributed by atoms with van der Waals surface area (Å²) in [5.41, 5.74) is 9.68. The van der Waals surface area contributed by atoms with Crippen LogP contribution in [0.4, 0.5) is 0 Å². The van der Waals surface area contributed by atoms with Crippen molar-refractivity contribution in [2.24, 2.45) is 0 Å². The van der Waals surface area contributed by atoms with Crippen LogP contribution in [0.15, 0.2) is 164 Å². The fraction of sp³-hybridized carbons (Fsp3) is 0.0250. The van der Waals surface area contributed by atoms with Crippen LogP contribution in [0, 0.1) is 0 Å². The van der Waals surface area contributed by atoms with E-state index in [1.54, 1.807) is 0 Å². The van der Waals surface area contributed by atoms with Gasteiger partial charge in [0.1, 0.15) is 12.4 Å². The van der Waals surface area contributed by atoms with Crippen molar-refractivity contribution >= 4 is 0 Å². The summed E-state index contributed by atoms with van der Waals surface area (Å²) < 4.78 is 6.22. The van der Waals surface area contributed by atoms with E-state index in [2.05, 4.69) is 72.8 Å². The van der Waals surface area contributed by atoms with Gasteiger partial charge < -0.3 is 4.74 Å². The van der Waals surface area contributed by atoms with E-state index in [9.17, 15) is 0 Å². The molecule has 2 aromatic heterocycles. The molecule has 44 heavy (non-hydrogen) atoms. The Morgan fingerprint density at radius 2 is 0.909 bits per heavy atom. The van der Waals surface area contributed by atoms with E-state index < -0.39 is 0 Å². The molecule has 5 aromatic carbocycles. The number of hydrogen-bond acceptors (Lipinski definition) is 4. The molecule has 210 valence electrons. The third-order valence-corrected chi connectivity index (χ3v) is 7.45. The van der Waals surface area contributed by atoms with Crippen molar-refractivity contribution in [3.8, 4) is 62.2 Å². The number of benzene rings is 5. The molecule has 7 aromatic rings. The molecule has 4 nitrogen and oxygen atoms in total. The van der Waals surface area contributed by atoms with Crippen LogP contribution < -0.4 is 4.74 Å². The van der Waals surface area contributed by atoms with E-state index in [0.717, 1.165) is 61.9 Å². The highest BCUT2D eigenvalue weighted by Crippen LogP contribution is 2.32. The van der Waals surface area contributed by atoms with Gasteiger partial charge in [0.15, 0.2) is 5.82 Å². The van der Waals surface area contributed by atoms with Crippen molar-refractivity contribution in [1.29, 1.82) is 0 Å². The lowest BCUT2D eigenvalue weighted by molar-refractivity contribution is 0.307. The van der Waals surface area contributed by atoms with Crippen LogP contribution >= 0.6 is 0 Å². The monoisotopic (exact) mass is 567 g/mol. The normalized spacial score (nSPS) is 10.8. The van der Waals surface area contributed by atoms with Crippen molar-refractivity contribution in [2.45, 2.75) is 6.61 Å². The van der Waals surface area contributed by atoms with Crippen molar-refractivity contribution in [1.82, 2.24) is 15.0 Å². The molecule has 0 unspecified atom stereocenters. The standard InChI is InChI=1S/C40H29N3O/c1-4-13-29(14-5-1)28-44-39-22-11-10-19-34(39)36-21-12-20-35(41-36)32-23-25-33(26-24-32)40-42-37(30-15-6-2-7-16-30)27-38(43-40)31-17-8-3-9-18-31/h1-27H,28H2. The lowest BCUT2D eigenvalue weighted by atomic mass is 10.0. The van der Waals surface area contributed by atoms with Gasteiger partial charge in [0.25, 0.3) is 0 Å². The fourth-order valence-electron chi connectivity index (χ4n) is 5.16. The first kappa shape index (κ1) is 27.0. The Morgan fingerprint density at radius 3 is 1.57 bits per heavy atom. The van der Waals surface area contributed by atoms with Gasteiger partial charge in [-0.1, -0.05) is 133 Å². The minimum atomic E-state index is 0.499. The molecule has 0 aliphatic rings. The molecule has 0 radical (unpaired) electrons. The first-order chi connectivity index (χ1) is 21.8. The average Bonchev–Trinajstić information content (AvgIpc) is 3.12. The fourth-order valence-corrected chi connectivity index (χ4v) is 5.16. The van der Waals surface area contributed by atoms with Gasteiger partial charge in [0.05, 0.1) is 22.8 Å². The molecule has 0 N–H and O–H groups in total. The molecular weight excluding hydrogens is 538 g/mol. The van der Waals surface area contributed by atoms with Crippen LogP contribution in [0.2, 0.25) is 0 Å². The summed E-state index contributed by atoms with van der Waals surface area (Å²) in [5, 5.41) is 0. The summed E-state index contributed by atoms with van der Waals surface area (Å²) in [5.74, 6) is 1.49. The Kier molecular flexibility index (Phi) is 7.70. The maximum atomic E-state index is 6.22. The van der Waals surface area contributed by atoms with Gasteiger partial charge in [-0.05, 0) is 35.9 Å². The Balaban J connectivity index is 1.19. The summed E-state index contributed by atoms with van der Waals surface area (Å²) >= 11 is 0. The number of aromatic nitrogens is 3. The molecule has 0 aliphatic heterocycles. The molecular formula is C40H29N3O.